The zero-order chi connectivity index (χ0) is 15.9. The van der Waals surface area contributed by atoms with Crippen molar-refractivity contribution in [2.45, 2.75) is 13.5 Å². The zero-order valence-electron chi connectivity index (χ0n) is 13.4. The summed E-state index contributed by atoms with van der Waals surface area (Å²) in [6, 6.07) is 10.5. The van der Waals surface area contributed by atoms with Crippen molar-refractivity contribution in [2.24, 2.45) is 0 Å². The molecule has 0 saturated heterocycles. The first-order chi connectivity index (χ1) is 10.5. The number of hydrogen-bond donors (Lipinski definition) is 2. The number of aryl methyl sites for hydroxylation is 1. The Kier molecular flexibility index (Phi) is 5.72. The van der Waals surface area contributed by atoms with Gasteiger partial charge < -0.3 is 15.5 Å². The van der Waals surface area contributed by atoms with Crippen LogP contribution in [0.5, 0.6) is 0 Å². The Bertz CT molecular complexity index is 596. The molecule has 0 unspecified atom stereocenters. The molecule has 2 rings (SSSR count). The molecule has 0 saturated carbocycles. The van der Waals surface area contributed by atoms with Crippen molar-refractivity contribution in [1.29, 1.82) is 0 Å². The van der Waals surface area contributed by atoms with Crippen molar-refractivity contribution < 1.29 is 4.39 Å². The van der Waals surface area contributed by atoms with E-state index in [1.165, 1.54) is 12.1 Å². The lowest BCUT2D eigenvalue weighted by molar-refractivity contribution is 0.425. The van der Waals surface area contributed by atoms with Gasteiger partial charge in [-0.05, 0) is 50.8 Å². The van der Waals surface area contributed by atoms with Gasteiger partial charge in [-0.1, -0.05) is 12.1 Å². The van der Waals surface area contributed by atoms with E-state index in [2.05, 4.69) is 34.6 Å². The summed E-state index contributed by atoms with van der Waals surface area (Å²) in [6.45, 7) is 4.48. The molecule has 0 spiro atoms. The number of rotatable bonds is 7. The van der Waals surface area contributed by atoms with E-state index in [1.807, 2.05) is 19.1 Å². The molecule has 2 aromatic rings. The monoisotopic (exact) mass is 302 g/mol. The highest BCUT2D eigenvalue weighted by atomic mass is 19.1. The lowest BCUT2D eigenvalue weighted by Crippen LogP contribution is -2.21. The van der Waals surface area contributed by atoms with Crippen LogP contribution in [0.15, 0.2) is 36.4 Å². The molecule has 5 heteroatoms. The minimum atomic E-state index is -0.217. The van der Waals surface area contributed by atoms with Crippen LogP contribution in [0.1, 0.15) is 11.3 Å². The molecule has 0 aliphatic carbocycles. The highest BCUT2D eigenvalue weighted by Gasteiger charge is 2.02. The van der Waals surface area contributed by atoms with Crippen molar-refractivity contribution in [3.05, 3.63) is 53.5 Å². The van der Waals surface area contributed by atoms with Crippen LogP contribution in [0, 0.1) is 12.7 Å². The Hall–Kier alpha value is -2.14. The average molecular weight is 302 g/mol. The predicted molar refractivity (Wildman–Crippen MR) is 89.7 cm³/mol. The Labute approximate surface area is 131 Å². The second-order valence-electron chi connectivity index (χ2n) is 5.54. The van der Waals surface area contributed by atoms with E-state index < -0.39 is 0 Å². The molecular formula is C17H23FN4. The maximum Gasteiger partial charge on any atom is 0.126 e. The zero-order valence-corrected chi connectivity index (χ0v) is 13.4. The van der Waals surface area contributed by atoms with Crippen LogP contribution < -0.4 is 10.6 Å². The molecule has 0 bridgehead atoms. The summed E-state index contributed by atoms with van der Waals surface area (Å²) in [5.41, 5.74) is 3.03. The van der Waals surface area contributed by atoms with Crippen LogP contribution in [-0.4, -0.2) is 37.1 Å². The van der Waals surface area contributed by atoms with Crippen molar-refractivity contribution >= 4 is 11.5 Å². The maximum atomic E-state index is 12.9. The number of hydrogen-bond acceptors (Lipinski definition) is 4. The van der Waals surface area contributed by atoms with Gasteiger partial charge in [-0.2, -0.15) is 0 Å². The highest BCUT2D eigenvalue weighted by Crippen LogP contribution is 2.16. The SMILES string of the molecule is Cc1nc(NCc2ccc(F)cc2)ccc1NCCN(C)C. The number of halogens is 1. The fraction of sp³-hybridized carbons (Fsp3) is 0.353. The summed E-state index contributed by atoms with van der Waals surface area (Å²) in [7, 11) is 4.10. The first-order valence-electron chi connectivity index (χ1n) is 7.39. The Balaban J connectivity index is 1.90. The summed E-state index contributed by atoms with van der Waals surface area (Å²) < 4.78 is 12.9. The summed E-state index contributed by atoms with van der Waals surface area (Å²) >= 11 is 0. The largest absolute Gasteiger partial charge is 0.382 e. The van der Waals surface area contributed by atoms with Gasteiger partial charge in [0.1, 0.15) is 11.6 Å². The van der Waals surface area contributed by atoms with Gasteiger partial charge in [0, 0.05) is 19.6 Å². The summed E-state index contributed by atoms with van der Waals surface area (Å²) in [5.74, 6) is 0.603. The summed E-state index contributed by atoms with van der Waals surface area (Å²) in [5, 5.41) is 6.63. The molecule has 0 atom stereocenters. The van der Waals surface area contributed by atoms with Crippen molar-refractivity contribution in [3.8, 4) is 0 Å². The average Bonchev–Trinajstić information content (AvgIpc) is 2.48. The lowest BCUT2D eigenvalue weighted by atomic mass is 10.2. The van der Waals surface area contributed by atoms with Gasteiger partial charge in [-0.15, -0.1) is 0 Å². The first-order valence-corrected chi connectivity index (χ1v) is 7.39. The van der Waals surface area contributed by atoms with Crippen LogP contribution in [0.2, 0.25) is 0 Å². The van der Waals surface area contributed by atoms with E-state index in [-0.39, 0.29) is 5.82 Å². The maximum absolute atomic E-state index is 12.9. The van der Waals surface area contributed by atoms with E-state index in [4.69, 9.17) is 0 Å². The molecule has 0 amide bonds. The molecule has 1 heterocycles. The number of nitrogens with one attached hydrogen (secondary N) is 2. The van der Waals surface area contributed by atoms with Gasteiger partial charge in [-0.25, -0.2) is 9.37 Å². The van der Waals surface area contributed by atoms with Gasteiger partial charge in [0.05, 0.1) is 11.4 Å². The second-order valence-corrected chi connectivity index (χ2v) is 5.54. The van der Waals surface area contributed by atoms with Crippen LogP contribution >= 0.6 is 0 Å². The van der Waals surface area contributed by atoms with E-state index in [1.54, 1.807) is 12.1 Å². The molecule has 4 nitrogen and oxygen atoms in total. The van der Waals surface area contributed by atoms with Gasteiger partial charge in [0.15, 0.2) is 0 Å². The number of likely N-dealkylation sites (N-methyl/N-ethyl adjacent to an activating group) is 1. The molecule has 2 N–H and O–H groups in total. The topological polar surface area (TPSA) is 40.2 Å². The van der Waals surface area contributed by atoms with Gasteiger partial charge >= 0.3 is 0 Å². The molecule has 1 aromatic heterocycles. The Morgan fingerprint density at radius 1 is 1.05 bits per heavy atom. The normalized spacial score (nSPS) is 10.8. The number of pyridine rings is 1. The van der Waals surface area contributed by atoms with Crippen LogP contribution in [0.4, 0.5) is 15.9 Å². The molecule has 0 fully saturated rings. The lowest BCUT2D eigenvalue weighted by Gasteiger charge is -2.14. The first kappa shape index (κ1) is 16.2. The summed E-state index contributed by atoms with van der Waals surface area (Å²) in [6.07, 6.45) is 0. The van der Waals surface area contributed by atoms with Crippen molar-refractivity contribution in [2.75, 3.05) is 37.8 Å². The Morgan fingerprint density at radius 3 is 2.41 bits per heavy atom. The molecule has 0 aliphatic rings. The third-order valence-corrected chi connectivity index (χ3v) is 3.35. The molecular weight excluding hydrogens is 279 g/mol. The van der Waals surface area contributed by atoms with Gasteiger partial charge in [0.25, 0.3) is 0 Å². The minimum Gasteiger partial charge on any atom is -0.382 e. The quantitative estimate of drug-likeness (QED) is 0.824. The van der Waals surface area contributed by atoms with Gasteiger partial charge in [0.2, 0.25) is 0 Å². The molecule has 0 aliphatic heterocycles. The molecule has 0 radical (unpaired) electrons. The minimum absolute atomic E-state index is 0.217. The molecule has 22 heavy (non-hydrogen) atoms. The van der Waals surface area contributed by atoms with E-state index >= 15 is 0 Å². The Morgan fingerprint density at radius 2 is 1.77 bits per heavy atom. The van der Waals surface area contributed by atoms with Crippen molar-refractivity contribution in [3.63, 3.8) is 0 Å². The number of benzene rings is 1. The number of nitrogens with zero attached hydrogens (tertiary/aromatic N) is 2. The smallest absolute Gasteiger partial charge is 0.126 e. The number of aromatic nitrogens is 1. The standard InChI is InChI=1S/C17H23FN4/c1-13-16(19-10-11-22(2)3)8-9-17(21-13)20-12-14-4-6-15(18)7-5-14/h4-9,19H,10-12H2,1-3H3,(H,20,21). The van der Waals surface area contributed by atoms with Gasteiger partial charge in [-0.3, -0.25) is 0 Å². The van der Waals surface area contributed by atoms with E-state index in [0.29, 0.717) is 6.54 Å². The predicted octanol–water partition coefficient (Wildman–Crippen LogP) is 3.11. The van der Waals surface area contributed by atoms with Crippen LogP contribution in [-0.2, 0) is 6.54 Å². The van der Waals surface area contributed by atoms with E-state index in [0.717, 1.165) is 35.9 Å². The fourth-order valence-corrected chi connectivity index (χ4v) is 2.06. The third kappa shape index (κ3) is 5.00. The summed E-state index contributed by atoms with van der Waals surface area (Å²) in [4.78, 5) is 6.68. The molecule has 118 valence electrons. The number of anilines is 2. The highest BCUT2D eigenvalue weighted by molar-refractivity contribution is 5.52. The van der Waals surface area contributed by atoms with Crippen LogP contribution in [0.25, 0.3) is 0 Å². The fourth-order valence-electron chi connectivity index (χ4n) is 2.06. The second kappa shape index (κ2) is 7.75. The third-order valence-electron chi connectivity index (χ3n) is 3.35. The van der Waals surface area contributed by atoms with Crippen LogP contribution in [0.3, 0.4) is 0 Å². The molecule has 1 aromatic carbocycles. The van der Waals surface area contributed by atoms with Crippen molar-refractivity contribution in [1.82, 2.24) is 9.88 Å². The van der Waals surface area contributed by atoms with E-state index in [9.17, 15) is 4.39 Å².